The third-order valence-electron chi connectivity index (χ3n) is 3.56. The Balaban J connectivity index is 1.96. The molecular weight excluding hydrogens is 200 g/mol. The van der Waals surface area contributed by atoms with Crippen LogP contribution in [0.2, 0.25) is 0 Å². The fourth-order valence-corrected chi connectivity index (χ4v) is 2.40. The number of hydrogen-bond acceptors (Lipinski definition) is 3. The van der Waals surface area contributed by atoms with Gasteiger partial charge in [0.25, 0.3) is 0 Å². The molecule has 2 rings (SSSR count). The van der Waals surface area contributed by atoms with Crippen molar-refractivity contribution < 1.29 is 0 Å². The lowest BCUT2D eigenvalue weighted by Gasteiger charge is -2.35. The van der Waals surface area contributed by atoms with Crippen LogP contribution in [0.4, 0.5) is 0 Å². The van der Waals surface area contributed by atoms with Gasteiger partial charge in [-0.25, -0.2) is 9.67 Å². The molecule has 1 aromatic heterocycles. The molecule has 2 N–H and O–H groups in total. The highest BCUT2D eigenvalue weighted by atomic mass is 15.3. The van der Waals surface area contributed by atoms with Crippen LogP contribution in [-0.2, 0) is 13.0 Å². The Labute approximate surface area is 97.2 Å². The van der Waals surface area contributed by atoms with Gasteiger partial charge in [-0.05, 0) is 37.1 Å². The molecule has 90 valence electrons. The molecule has 0 radical (unpaired) electrons. The van der Waals surface area contributed by atoms with E-state index in [9.17, 15) is 0 Å². The Morgan fingerprint density at radius 1 is 1.44 bits per heavy atom. The second kappa shape index (κ2) is 4.95. The number of aromatic nitrogens is 3. The Morgan fingerprint density at radius 3 is 2.75 bits per heavy atom. The molecule has 2 atom stereocenters. The first kappa shape index (κ1) is 11.6. The van der Waals surface area contributed by atoms with E-state index in [0.29, 0.717) is 11.8 Å². The van der Waals surface area contributed by atoms with E-state index in [-0.39, 0.29) is 0 Å². The monoisotopic (exact) mass is 222 g/mol. The average molecular weight is 222 g/mol. The van der Waals surface area contributed by atoms with Crippen molar-refractivity contribution in [1.82, 2.24) is 14.8 Å². The molecule has 1 aromatic rings. The van der Waals surface area contributed by atoms with Gasteiger partial charge in [0, 0.05) is 13.0 Å². The predicted octanol–water partition coefficient (Wildman–Crippen LogP) is 1.46. The summed E-state index contributed by atoms with van der Waals surface area (Å²) in [7, 11) is 0. The maximum absolute atomic E-state index is 5.73. The summed E-state index contributed by atoms with van der Waals surface area (Å²) in [5.41, 5.74) is 5.73. The number of hydrogen-bond donors (Lipinski definition) is 1. The molecule has 2 unspecified atom stereocenters. The van der Waals surface area contributed by atoms with E-state index in [1.807, 2.05) is 0 Å². The van der Waals surface area contributed by atoms with Crippen molar-refractivity contribution in [2.24, 2.45) is 23.5 Å². The summed E-state index contributed by atoms with van der Waals surface area (Å²) in [6.45, 7) is 6.20. The molecule has 0 aliphatic heterocycles. The van der Waals surface area contributed by atoms with Crippen molar-refractivity contribution in [3.8, 4) is 0 Å². The van der Waals surface area contributed by atoms with Gasteiger partial charge in [-0.3, -0.25) is 0 Å². The first-order chi connectivity index (χ1) is 7.70. The number of nitrogens with zero attached hydrogens (tertiary/aromatic N) is 3. The van der Waals surface area contributed by atoms with Gasteiger partial charge in [0.1, 0.15) is 12.2 Å². The lowest BCUT2D eigenvalue weighted by Crippen LogP contribution is -2.34. The van der Waals surface area contributed by atoms with Gasteiger partial charge < -0.3 is 5.73 Å². The summed E-state index contributed by atoms with van der Waals surface area (Å²) in [6.07, 6.45) is 5.32. The minimum absolute atomic E-state index is 0.618. The van der Waals surface area contributed by atoms with Crippen LogP contribution in [0.3, 0.4) is 0 Å². The highest BCUT2D eigenvalue weighted by Gasteiger charge is 2.30. The predicted molar refractivity (Wildman–Crippen MR) is 63.8 cm³/mol. The molecule has 16 heavy (non-hydrogen) atoms. The van der Waals surface area contributed by atoms with Crippen LogP contribution in [0, 0.1) is 17.8 Å². The van der Waals surface area contributed by atoms with Gasteiger partial charge in [-0.15, -0.1) is 0 Å². The van der Waals surface area contributed by atoms with Crippen LogP contribution in [0.25, 0.3) is 0 Å². The van der Waals surface area contributed by atoms with E-state index in [0.717, 1.165) is 31.3 Å². The van der Waals surface area contributed by atoms with Crippen LogP contribution in [0.1, 0.15) is 32.5 Å². The zero-order valence-corrected chi connectivity index (χ0v) is 10.3. The van der Waals surface area contributed by atoms with Gasteiger partial charge in [0.2, 0.25) is 0 Å². The van der Waals surface area contributed by atoms with Crippen LogP contribution >= 0.6 is 0 Å². The maximum Gasteiger partial charge on any atom is 0.138 e. The molecular formula is C12H22N4. The quantitative estimate of drug-likeness (QED) is 0.820. The van der Waals surface area contributed by atoms with Crippen molar-refractivity contribution in [3.63, 3.8) is 0 Å². The molecule has 0 aromatic carbocycles. The van der Waals surface area contributed by atoms with E-state index in [1.165, 1.54) is 12.8 Å². The molecule has 1 aliphatic carbocycles. The minimum Gasteiger partial charge on any atom is -0.330 e. The fraction of sp³-hybridized carbons (Fsp3) is 0.833. The Bertz CT molecular complexity index is 330. The molecule has 1 fully saturated rings. The smallest absolute Gasteiger partial charge is 0.138 e. The highest BCUT2D eigenvalue weighted by molar-refractivity contribution is 4.93. The largest absolute Gasteiger partial charge is 0.330 e. The molecule has 0 amide bonds. The minimum atomic E-state index is 0.618. The second-order valence-electron chi connectivity index (χ2n) is 5.29. The fourth-order valence-electron chi connectivity index (χ4n) is 2.40. The zero-order valence-electron chi connectivity index (χ0n) is 10.3. The maximum atomic E-state index is 5.73. The summed E-state index contributed by atoms with van der Waals surface area (Å²) < 4.78 is 2.05. The summed E-state index contributed by atoms with van der Waals surface area (Å²) in [6, 6.07) is 0. The highest BCUT2D eigenvalue weighted by Crippen LogP contribution is 2.35. The Morgan fingerprint density at radius 2 is 2.19 bits per heavy atom. The summed E-state index contributed by atoms with van der Waals surface area (Å²) in [4.78, 5) is 4.37. The SMILES string of the molecule is CC(C)Cn1ncnc1CC1CCC1CN. The van der Waals surface area contributed by atoms with E-state index < -0.39 is 0 Å². The molecule has 1 aliphatic rings. The molecule has 1 saturated carbocycles. The molecule has 1 heterocycles. The lowest BCUT2D eigenvalue weighted by atomic mass is 9.72. The number of nitrogens with two attached hydrogens (primary N) is 1. The summed E-state index contributed by atoms with van der Waals surface area (Å²) in [5.74, 6) is 3.20. The molecule has 0 spiro atoms. The zero-order chi connectivity index (χ0) is 11.5. The first-order valence-corrected chi connectivity index (χ1v) is 6.27. The van der Waals surface area contributed by atoms with Crippen molar-refractivity contribution in [1.29, 1.82) is 0 Å². The van der Waals surface area contributed by atoms with Crippen molar-refractivity contribution >= 4 is 0 Å². The molecule has 4 heteroatoms. The van der Waals surface area contributed by atoms with E-state index >= 15 is 0 Å². The van der Waals surface area contributed by atoms with Crippen molar-refractivity contribution in [3.05, 3.63) is 12.2 Å². The van der Waals surface area contributed by atoms with Crippen molar-refractivity contribution in [2.75, 3.05) is 6.54 Å². The molecule has 4 nitrogen and oxygen atoms in total. The van der Waals surface area contributed by atoms with Crippen LogP contribution in [0.5, 0.6) is 0 Å². The topological polar surface area (TPSA) is 56.7 Å². The van der Waals surface area contributed by atoms with E-state index in [2.05, 4.69) is 28.6 Å². The standard InChI is InChI=1S/C12H22N4/c1-9(2)7-16-12(14-8-15-16)5-10-3-4-11(10)6-13/h8-11H,3-7,13H2,1-2H3. The third kappa shape index (κ3) is 2.43. The second-order valence-corrected chi connectivity index (χ2v) is 5.29. The van der Waals surface area contributed by atoms with Gasteiger partial charge in [-0.1, -0.05) is 13.8 Å². The van der Waals surface area contributed by atoms with Gasteiger partial charge in [0.15, 0.2) is 0 Å². The molecule has 0 bridgehead atoms. The van der Waals surface area contributed by atoms with Crippen LogP contribution in [-0.4, -0.2) is 21.3 Å². The summed E-state index contributed by atoms with van der Waals surface area (Å²) in [5, 5.41) is 4.29. The normalized spacial score (nSPS) is 24.8. The third-order valence-corrected chi connectivity index (χ3v) is 3.56. The van der Waals surface area contributed by atoms with E-state index in [4.69, 9.17) is 5.73 Å². The van der Waals surface area contributed by atoms with Crippen molar-refractivity contribution in [2.45, 2.75) is 39.7 Å². The Hall–Kier alpha value is -0.900. The van der Waals surface area contributed by atoms with Crippen LogP contribution < -0.4 is 5.73 Å². The van der Waals surface area contributed by atoms with Crippen LogP contribution in [0.15, 0.2) is 6.33 Å². The van der Waals surface area contributed by atoms with Gasteiger partial charge >= 0.3 is 0 Å². The molecule has 0 saturated heterocycles. The Kier molecular flexibility index (Phi) is 3.59. The summed E-state index contributed by atoms with van der Waals surface area (Å²) >= 11 is 0. The van der Waals surface area contributed by atoms with E-state index in [1.54, 1.807) is 6.33 Å². The average Bonchev–Trinajstić information content (AvgIpc) is 2.60. The lowest BCUT2D eigenvalue weighted by molar-refractivity contribution is 0.178. The van der Waals surface area contributed by atoms with Gasteiger partial charge in [-0.2, -0.15) is 5.10 Å². The van der Waals surface area contributed by atoms with Gasteiger partial charge in [0.05, 0.1) is 0 Å². The first-order valence-electron chi connectivity index (χ1n) is 6.27. The number of rotatable bonds is 5.